The lowest BCUT2D eigenvalue weighted by Gasteiger charge is -2.13. The van der Waals surface area contributed by atoms with Crippen molar-refractivity contribution >= 4 is 16.7 Å². The zero-order chi connectivity index (χ0) is 19.2. The quantitative estimate of drug-likeness (QED) is 0.744. The van der Waals surface area contributed by atoms with Gasteiger partial charge in [-0.1, -0.05) is 18.2 Å². The highest BCUT2D eigenvalue weighted by atomic mass is 19.4. The van der Waals surface area contributed by atoms with Gasteiger partial charge in [0.05, 0.1) is 0 Å². The first-order chi connectivity index (χ1) is 12.8. The third kappa shape index (κ3) is 3.21. The van der Waals surface area contributed by atoms with Gasteiger partial charge in [0.2, 0.25) is 12.7 Å². The fraction of sp³-hybridized carbons (Fsp3) is 0.105. The number of carbonyl (C=O) groups is 1. The Morgan fingerprint density at radius 3 is 2.44 bits per heavy atom. The molecule has 3 aromatic carbocycles. The summed E-state index contributed by atoms with van der Waals surface area (Å²) in [6.45, 7) is 0.0593. The van der Waals surface area contributed by atoms with Gasteiger partial charge in [-0.25, -0.2) is 0 Å². The minimum atomic E-state index is -4.77. The van der Waals surface area contributed by atoms with Crippen molar-refractivity contribution in [2.75, 3.05) is 6.79 Å². The lowest BCUT2D eigenvalue weighted by atomic mass is 9.94. The van der Waals surface area contributed by atoms with Crippen LogP contribution in [0.1, 0.15) is 10.4 Å². The second-order valence-corrected chi connectivity index (χ2v) is 5.86. The number of benzene rings is 3. The molecular formula is C19H12F3NO4. The molecule has 0 saturated heterocycles. The summed E-state index contributed by atoms with van der Waals surface area (Å²) in [5, 5.41) is 1.38. The summed E-state index contributed by atoms with van der Waals surface area (Å²) in [7, 11) is 0. The normalized spacial score (nSPS) is 13.0. The smallest absolute Gasteiger partial charge is 0.454 e. The summed E-state index contributed by atoms with van der Waals surface area (Å²) in [6, 6.07) is 12.0. The Hall–Kier alpha value is -3.42. The number of primary amides is 1. The molecule has 0 atom stereocenters. The van der Waals surface area contributed by atoms with E-state index in [1.54, 1.807) is 24.3 Å². The van der Waals surface area contributed by atoms with Gasteiger partial charge in [0.1, 0.15) is 5.75 Å². The molecule has 0 aliphatic carbocycles. The average molecular weight is 375 g/mol. The molecule has 8 heteroatoms. The third-order valence-corrected chi connectivity index (χ3v) is 4.14. The lowest BCUT2D eigenvalue weighted by Crippen LogP contribution is -2.16. The van der Waals surface area contributed by atoms with E-state index >= 15 is 0 Å². The van der Waals surface area contributed by atoms with Crippen LogP contribution in [0.4, 0.5) is 13.2 Å². The van der Waals surface area contributed by atoms with Crippen molar-refractivity contribution in [3.8, 4) is 28.4 Å². The highest BCUT2D eigenvalue weighted by Crippen LogP contribution is 2.44. The number of carbonyl (C=O) groups excluding carboxylic acids is 1. The van der Waals surface area contributed by atoms with E-state index in [0.29, 0.717) is 33.4 Å². The standard InChI is InChI=1S/C19H12F3NO4/c20-19(21,22)27-13-4-1-10(2-5-13)14-8-12(18(23)24)7-11-3-6-15-17(16(11)14)26-9-25-15/h1-8H,9H2,(H2,23,24). The Bertz CT molecular complexity index is 1050. The van der Waals surface area contributed by atoms with Crippen LogP contribution in [0, 0.1) is 0 Å². The van der Waals surface area contributed by atoms with Crippen LogP contribution in [-0.2, 0) is 0 Å². The topological polar surface area (TPSA) is 70.8 Å². The van der Waals surface area contributed by atoms with E-state index in [-0.39, 0.29) is 18.1 Å². The molecule has 0 aromatic heterocycles. The van der Waals surface area contributed by atoms with Crippen molar-refractivity contribution in [2.24, 2.45) is 5.73 Å². The molecule has 4 rings (SSSR count). The van der Waals surface area contributed by atoms with E-state index < -0.39 is 12.3 Å². The first-order valence-corrected chi connectivity index (χ1v) is 7.84. The number of fused-ring (bicyclic) bond motifs is 3. The predicted molar refractivity (Wildman–Crippen MR) is 90.7 cm³/mol. The highest BCUT2D eigenvalue weighted by molar-refractivity contribution is 6.07. The number of alkyl halides is 3. The zero-order valence-electron chi connectivity index (χ0n) is 13.7. The van der Waals surface area contributed by atoms with Crippen LogP contribution in [0.3, 0.4) is 0 Å². The van der Waals surface area contributed by atoms with Gasteiger partial charge < -0.3 is 19.9 Å². The number of hydrogen-bond donors (Lipinski definition) is 1. The van der Waals surface area contributed by atoms with E-state index in [4.69, 9.17) is 15.2 Å². The molecule has 1 aliphatic heterocycles. The van der Waals surface area contributed by atoms with E-state index in [0.717, 1.165) is 0 Å². The van der Waals surface area contributed by atoms with Crippen molar-refractivity contribution in [1.82, 2.24) is 0 Å². The Balaban J connectivity index is 1.89. The molecule has 1 amide bonds. The molecule has 0 saturated carbocycles. The van der Waals surface area contributed by atoms with Crippen molar-refractivity contribution in [1.29, 1.82) is 0 Å². The van der Waals surface area contributed by atoms with Gasteiger partial charge in [-0.2, -0.15) is 0 Å². The van der Waals surface area contributed by atoms with Gasteiger partial charge in [0, 0.05) is 10.9 Å². The van der Waals surface area contributed by atoms with Crippen LogP contribution in [-0.4, -0.2) is 19.1 Å². The van der Waals surface area contributed by atoms with Gasteiger partial charge in [0.15, 0.2) is 11.5 Å². The molecule has 0 spiro atoms. The Kier molecular flexibility index (Phi) is 3.83. The van der Waals surface area contributed by atoms with E-state index in [1.165, 1.54) is 24.3 Å². The fourth-order valence-electron chi connectivity index (χ4n) is 3.03. The lowest BCUT2D eigenvalue weighted by molar-refractivity contribution is -0.274. The number of amides is 1. The Morgan fingerprint density at radius 1 is 1.04 bits per heavy atom. The second-order valence-electron chi connectivity index (χ2n) is 5.86. The summed E-state index contributed by atoms with van der Waals surface area (Å²) in [5.74, 6) is 0.0982. The first kappa shape index (κ1) is 17.0. The molecule has 27 heavy (non-hydrogen) atoms. The minimum absolute atomic E-state index is 0.0593. The molecule has 0 fully saturated rings. The molecular weight excluding hydrogens is 363 g/mol. The summed E-state index contributed by atoms with van der Waals surface area (Å²) in [4.78, 5) is 11.7. The summed E-state index contributed by atoms with van der Waals surface area (Å²) in [5.41, 5.74) is 6.84. The molecule has 0 bridgehead atoms. The second kappa shape index (κ2) is 6.08. The van der Waals surface area contributed by atoms with Crippen LogP contribution < -0.4 is 19.9 Å². The van der Waals surface area contributed by atoms with Crippen molar-refractivity contribution in [3.63, 3.8) is 0 Å². The summed E-state index contributed by atoms with van der Waals surface area (Å²) >= 11 is 0. The predicted octanol–water partition coefficient (Wildman–Crippen LogP) is 4.23. The van der Waals surface area contributed by atoms with Crippen LogP contribution in [0.15, 0.2) is 48.5 Å². The molecule has 1 aliphatic rings. The van der Waals surface area contributed by atoms with Crippen molar-refractivity contribution < 1.29 is 32.2 Å². The number of nitrogens with two attached hydrogens (primary N) is 1. The maximum absolute atomic E-state index is 12.4. The summed E-state index contributed by atoms with van der Waals surface area (Å²) in [6.07, 6.45) is -4.77. The zero-order valence-corrected chi connectivity index (χ0v) is 13.7. The number of ether oxygens (including phenoxy) is 3. The first-order valence-electron chi connectivity index (χ1n) is 7.84. The molecule has 1 heterocycles. The number of rotatable bonds is 3. The molecule has 5 nitrogen and oxygen atoms in total. The minimum Gasteiger partial charge on any atom is -0.454 e. The highest BCUT2D eigenvalue weighted by Gasteiger charge is 2.31. The van der Waals surface area contributed by atoms with E-state index in [2.05, 4.69) is 4.74 Å². The van der Waals surface area contributed by atoms with E-state index in [9.17, 15) is 18.0 Å². The monoisotopic (exact) mass is 375 g/mol. The Labute approximate surface area is 151 Å². The molecule has 138 valence electrons. The Morgan fingerprint density at radius 2 is 1.78 bits per heavy atom. The fourth-order valence-corrected chi connectivity index (χ4v) is 3.03. The molecule has 0 radical (unpaired) electrons. The van der Waals surface area contributed by atoms with Gasteiger partial charge in [-0.3, -0.25) is 4.79 Å². The van der Waals surface area contributed by atoms with Gasteiger partial charge in [-0.15, -0.1) is 13.2 Å². The molecule has 0 unspecified atom stereocenters. The van der Waals surface area contributed by atoms with Crippen molar-refractivity contribution in [3.05, 3.63) is 54.1 Å². The number of hydrogen-bond acceptors (Lipinski definition) is 4. The van der Waals surface area contributed by atoms with E-state index in [1.807, 2.05) is 0 Å². The van der Waals surface area contributed by atoms with Gasteiger partial charge in [0.25, 0.3) is 0 Å². The molecule has 2 N–H and O–H groups in total. The SMILES string of the molecule is NC(=O)c1cc(-c2ccc(OC(F)(F)F)cc2)c2c3c(ccc2c1)OCO3. The van der Waals surface area contributed by atoms with Gasteiger partial charge in [-0.05, 0) is 46.8 Å². The number of halogens is 3. The third-order valence-electron chi connectivity index (χ3n) is 4.14. The van der Waals surface area contributed by atoms with Crippen LogP contribution in [0.25, 0.3) is 21.9 Å². The van der Waals surface area contributed by atoms with Crippen LogP contribution in [0.5, 0.6) is 17.2 Å². The largest absolute Gasteiger partial charge is 0.573 e. The maximum atomic E-state index is 12.4. The average Bonchev–Trinajstić information content (AvgIpc) is 3.09. The maximum Gasteiger partial charge on any atom is 0.573 e. The van der Waals surface area contributed by atoms with Crippen LogP contribution in [0.2, 0.25) is 0 Å². The summed E-state index contributed by atoms with van der Waals surface area (Å²) < 4.78 is 51.9. The molecule has 3 aromatic rings. The van der Waals surface area contributed by atoms with Crippen LogP contribution >= 0.6 is 0 Å². The van der Waals surface area contributed by atoms with Crippen molar-refractivity contribution in [2.45, 2.75) is 6.36 Å². The van der Waals surface area contributed by atoms with Gasteiger partial charge >= 0.3 is 6.36 Å².